The number of carbonyl (C=O) groups is 2. The molecule has 84 valence electrons. The number of nitrogens with one attached hydrogen (secondary N) is 1. The lowest BCUT2D eigenvalue weighted by Crippen LogP contribution is -2.34. The number of benzene rings is 1. The van der Waals surface area contributed by atoms with Crippen LogP contribution in [-0.2, 0) is 9.59 Å². The first-order valence-electron chi connectivity index (χ1n) is 4.45. The molecule has 4 nitrogen and oxygen atoms in total. The van der Waals surface area contributed by atoms with Crippen molar-refractivity contribution < 1.29 is 14.7 Å². The Morgan fingerprint density at radius 1 is 1.44 bits per heavy atom. The highest BCUT2D eigenvalue weighted by atomic mass is 79.9. The molecular formula is C11H9BrNO3-. The second kappa shape index (κ2) is 5.46. The lowest BCUT2D eigenvalue weighted by Gasteiger charge is -2.08. The monoisotopic (exact) mass is 282 g/mol. The van der Waals surface area contributed by atoms with Gasteiger partial charge in [0.25, 0.3) is 0 Å². The third-order valence-electron chi connectivity index (χ3n) is 1.69. The molecule has 0 saturated heterocycles. The van der Waals surface area contributed by atoms with E-state index < -0.39 is 11.9 Å². The van der Waals surface area contributed by atoms with Crippen molar-refractivity contribution in [1.82, 2.24) is 5.32 Å². The number of aliphatic carboxylic acids is 1. The van der Waals surface area contributed by atoms with E-state index in [-0.39, 0.29) is 5.70 Å². The molecule has 1 aromatic rings. The van der Waals surface area contributed by atoms with Gasteiger partial charge in [0, 0.05) is 11.4 Å². The van der Waals surface area contributed by atoms with Gasteiger partial charge >= 0.3 is 0 Å². The predicted molar refractivity (Wildman–Crippen MR) is 60.9 cm³/mol. The molecule has 1 N–H and O–H groups in total. The molecule has 0 fully saturated rings. The van der Waals surface area contributed by atoms with Crippen LogP contribution in [0, 0.1) is 0 Å². The molecule has 0 saturated carbocycles. The minimum absolute atomic E-state index is 0.259. The molecule has 16 heavy (non-hydrogen) atoms. The molecule has 0 aliphatic heterocycles. The summed E-state index contributed by atoms with van der Waals surface area (Å²) in [5.74, 6) is -1.87. The molecule has 0 spiro atoms. The third-order valence-corrected chi connectivity index (χ3v) is 2.18. The average molecular weight is 283 g/mol. The summed E-state index contributed by atoms with van der Waals surface area (Å²) in [6.07, 6.45) is 1.33. The van der Waals surface area contributed by atoms with Crippen molar-refractivity contribution >= 4 is 33.9 Å². The normalized spacial score (nSPS) is 11.0. The van der Waals surface area contributed by atoms with Crippen LogP contribution in [0.4, 0.5) is 0 Å². The summed E-state index contributed by atoms with van der Waals surface area (Å²) < 4.78 is 0.821. The quantitative estimate of drug-likeness (QED) is 0.829. The van der Waals surface area contributed by atoms with Crippen LogP contribution in [0.25, 0.3) is 6.08 Å². The van der Waals surface area contributed by atoms with E-state index in [4.69, 9.17) is 0 Å². The van der Waals surface area contributed by atoms with Gasteiger partial charge in [0.2, 0.25) is 5.91 Å². The molecule has 0 bridgehead atoms. The van der Waals surface area contributed by atoms with Crippen LogP contribution in [0.5, 0.6) is 0 Å². The zero-order valence-corrected chi connectivity index (χ0v) is 10.1. The van der Waals surface area contributed by atoms with Crippen LogP contribution in [0.3, 0.4) is 0 Å². The molecule has 1 rings (SSSR count). The van der Waals surface area contributed by atoms with Gasteiger partial charge in [-0.05, 0) is 23.8 Å². The standard InChI is InChI=1S/C11H10BrNO3/c1-7(14)13-10(11(15)16)6-8-3-2-4-9(12)5-8/h2-6H,1H3,(H,13,14)(H,15,16)/p-1. The lowest BCUT2D eigenvalue weighted by molar-refractivity contribution is -0.299. The third kappa shape index (κ3) is 3.86. The maximum Gasteiger partial charge on any atom is 0.221 e. The smallest absolute Gasteiger partial charge is 0.221 e. The number of hydrogen-bond donors (Lipinski definition) is 1. The van der Waals surface area contributed by atoms with Gasteiger partial charge in [0.05, 0.1) is 11.7 Å². The molecular weight excluding hydrogens is 274 g/mol. The van der Waals surface area contributed by atoms with Gasteiger partial charge in [-0.15, -0.1) is 0 Å². The van der Waals surface area contributed by atoms with E-state index in [1.54, 1.807) is 18.2 Å². The van der Waals surface area contributed by atoms with Crippen LogP contribution in [-0.4, -0.2) is 11.9 Å². The van der Waals surface area contributed by atoms with Gasteiger partial charge in [0.1, 0.15) is 0 Å². The van der Waals surface area contributed by atoms with Crippen LogP contribution in [0.1, 0.15) is 12.5 Å². The maximum atomic E-state index is 10.8. The molecule has 0 aliphatic rings. The fourth-order valence-electron chi connectivity index (χ4n) is 1.10. The van der Waals surface area contributed by atoms with Crippen LogP contribution in [0.2, 0.25) is 0 Å². The Labute approximate surface area is 101 Å². The lowest BCUT2D eigenvalue weighted by atomic mass is 10.2. The zero-order valence-electron chi connectivity index (χ0n) is 8.49. The van der Waals surface area contributed by atoms with Gasteiger partial charge in [-0.2, -0.15) is 0 Å². The molecule has 5 heteroatoms. The Balaban J connectivity index is 3.02. The largest absolute Gasteiger partial charge is 0.543 e. The first kappa shape index (κ1) is 12.4. The molecule has 1 amide bonds. The van der Waals surface area contributed by atoms with Gasteiger partial charge < -0.3 is 15.2 Å². The zero-order chi connectivity index (χ0) is 12.1. The van der Waals surface area contributed by atoms with Gasteiger partial charge in [0.15, 0.2) is 0 Å². The van der Waals surface area contributed by atoms with Crippen LogP contribution >= 0.6 is 15.9 Å². The number of carbonyl (C=O) groups excluding carboxylic acids is 2. The summed E-state index contributed by atoms with van der Waals surface area (Å²) in [5, 5.41) is 12.9. The van der Waals surface area contributed by atoms with Crippen molar-refractivity contribution in [3.05, 3.63) is 40.0 Å². The Kier molecular flexibility index (Phi) is 4.25. The number of amides is 1. The van der Waals surface area contributed by atoms with Gasteiger partial charge in [-0.1, -0.05) is 28.1 Å². The van der Waals surface area contributed by atoms with E-state index in [9.17, 15) is 14.7 Å². The van der Waals surface area contributed by atoms with Crippen LogP contribution in [0.15, 0.2) is 34.4 Å². The summed E-state index contributed by atoms with van der Waals surface area (Å²) in [4.78, 5) is 21.5. The van der Waals surface area contributed by atoms with Crippen molar-refractivity contribution in [2.24, 2.45) is 0 Å². The summed E-state index contributed by atoms with van der Waals surface area (Å²) in [7, 11) is 0. The Hall–Kier alpha value is -1.62. The van der Waals surface area contributed by atoms with Crippen molar-refractivity contribution in [2.75, 3.05) is 0 Å². The number of carboxylic acids is 1. The molecule has 0 heterocycles. The number of rotatable bonds is 3. The highest BCUT2D eigenvalue weighted by Gasteiger charge is 2.01. The molecule has 0 aromatic heterocycles. The SMILES string of the molecule is CC(=O)NC(=Cc1cccc(Br)c1)C(=O)[O-]. The van der Waals surface area contributed by atoms with E-state index in [1.807, 2.05) is 6.07 Å². The van der Waals surface area contributed by atoms with E-state index in [2.05, 4.69) is 21.2 Å². The fraction of sp³-hybridized carbons (Fsp3) is 0.0909. The summed E-state index contributed by atoms with van der Waals surface area (Å²) in [6, 6.07) is 7.02. The molecule has 0 radical (unpaired) electrons. The Bertz CT molecular complexity index is 454. The highest BCUT2D eigenvalue weighted by molar-refractivity contribution is 9.10. The van der Waals surface area contributed by atoms with E-state index in [0.717, 1.165) is 4.47 Å². The Morgan fingerprint density at radius 3 is 2.62 bits per heavy atom. The van der Waals surface area contributed by atoms with Crippen molar-refractivity contribution in [1.29, 1.82) is 0 Å². The topological polar surface area (TPSA) is 69.2 Å². The van der Waals surface area contributed by atoms with Gasteiger partial charge in [-0.3, -0.25) is 4.79 Å². The maximum absolute atomic E-state index is 10.8. The summed E-state index contributed by atoms with van der Waals surface area (Å²) in [6.45, 7) is 1.23. The van der Waals surface area contributed by atoms with Gasteiger partial charge in [-0.25, -0.2) is 0 Å². The molecule has 0 aliphatic carbocycles. The van der Waals surface area contributed by atoms with Crippen molar-refractivity contribution in [3.8, 4) is 0 Å². The number of hydrogen-bond acceptors (Lipinski definition) is 3. The molecule has 1 aromatic carbocycles. The van der Waals surface area contributed by atoms with E-state index in [0.29, 0.717) is 5.56 Å². The van der Waals surface area contributed by atoms with E-state index >= 15 is 0 Å². The number of carboxylic acid groups (broad SMARTS) is 1. The minimum Gasteiger partial charge on any atom is -0.543 e. The first-order chi connectivity index (χ1) is 7.49. The van der Waals surface area contributed by atoms with Crippen LogP contribution < -0.4 is 10.4 Å². The fourth-order valence-corrected chi connectivity index (χ4v) is 1.52. The molecule has 0 unspecified atom stereocenters. The highest BCUT2D eigenvalue weighted by Crippen LogP contribution is 2.13. The second-order valence-electron chi connectivity index (χ2n) is 3.08. The van der Waals surface area contributed by atoms with E-state index in [1.165, 1.54) is 13.0 Å². The summed E-state index contributed by atoms with van der Waals surface area (Å²) in [5.41, 5.74) is 0.396. The Morgan fingerprint density at radius 2 is 2.12 bits per heavy atom. The molecule has 0 atom stereocenters. The average Bonchev–Trinajstić information content (AvgIpc) is 2.15. The summed E-state index contributed by atoms with van der Waals surface area (Å²) >= 11 is 3.26. The first-order valence-corrected chi connectivity index (χ1v) is 5.24. The predicted octanol–water partition coefficient (Wildman–Crippen LogP) is 0.676. The second-order valence-corrected chi connectivity index (χ2v) is 4.00. The van der Waals surface area contributed by atoms with Crippen molar-refractivity contribution in [2.45, 2.75) is 6.92 Å². The van der Waals surface area contributed by atoms with Crippen molar-refractivity contribution in [3.63, 3.8) is 0 Å². The minimum atomic E-state index is -1.42. The number of halogens is 1.